The first-order valence-electron chi connectivity index (χ1n) is 9.65. The SMILES string of the molecule is O=C1C(=O)N(c2ccccc2)[C@@H](c2ccccc2[N+](=O)[O-])C1=C(O)c1ccc([N+](=O)[O-])cc1. The number of Topliss-reactive ketones (excluding diaryl/α,β-unsaturated/α-hetero) is 1. The summed E-state index contributed by atoms with van der Waals surface area (Å²) in [6.45, 7) is 0. The maximum absolute atomic E-state index is 13.1. The first-order chi connectivity index (χ1) is 15.8. The van der Waals surface area contributed by atoms with E-state index in [-0.39, 0.29) is 28.1 Å². The van der Waals surface area contributed by atoms with E-state index in [1.165, 1.54) is 36.4 Å². The third-order valence-electron chi connectivity index (χ3n) is 5.26. The molecule has 0 spiro atoms. The number of hydrogen-bond acceptors (Lipinski definition) is 7. The monoisotopic (exact) mass is 445 g/mol. The predicted molar refractivity (Wildman–Crippen MR) is 117 cm³/mol. The zero-order valence-corrected chi connectivity index (χ0v) is 16.8. The molecule has 1 amide bonds. The fraction of sp³-hybridized carbons (Fsp3) is 0.0435. The number of carbonyl (C=O) groups excluding carboxylic acids is 2. The lowest BCUT2D eigenvalue weighted by Crippen LogP contribution is -2.29. The number of nitro benzene ring substituents is 2. The van der Waals surface area contributed by atoms with Gasteiger partial charge < -0.3 is 5.11 Å². The lowest BCUT2D eigenvalue weighted by molar-refractivity contribution is -0.385. The van der Waals surface area contributed by atoms with Crippen LogP contribution in [0.4, 0.5) is 17.1 Å². The quantitative estimate of drug-likeness (QED) is 0.204. The number of ketones is 1. The summed E-state index contributed by atoms with van der Waals surface area (Å²) in [5.41, 5.74) is -0.520. The molecule has 1 fully saturated rings. The molecule has 1 aliphatic heterocycles. The number of carbonyl (C=O) groups is 2. The van der Waals surface area contributed by atoms with Crippen LogP contribution in [-0.2, 0) is 9.59 Å². The maximum Gasteiger partial charge on any atom is 0.300 e. The number of hydrogen-bond donors (Lipinski definition) is 1. The van der Waals surface area contributed by atoms with E-state index in [2.05, 4.69) is 0 Å². The van der Waals surface area contributed by atoms with Gasteiger partial charge in [-0.1, -0.05) is 30.3 Å². The van der Waals surface area contributed by atoms with Crippen molar-refractivity contribution in [1.29, 1.82) is 0 Å². The number of amides is 1. The molecule has 1 aliphatic rings. The highest BCUT2D eigenvalue weighted by molar-refractivity contribution is 6.51. The standard InChI is InChI=1S/C23H15N3O7/c27-21(14-10-12-16(13-11-14)25(30)31)19-20(17-8-4-5-9-18(17)26(32)33)24(23(29)22(19)28)15-6-2-1-3-7-15/h1-13,20,27H/t20-/m0/s1. The zero-order chi connectivity index (χ0) is 23.7. The van der Waals surface area contributed by atoms with E-state index in [0.717, 1.165) is 17.0 Å². The van der Waals surface area contributed by atoms with Crippen molar-refractivity contribution in [2.24, 2.45) is 0 Å². The number of para-hydroxylation sites is 2. The van der Waals surface area contributed by atoms with Crippen LogP contribution in [-0.4, -0.2) is 26.6 Å². The van der Waals surface area contributed by atoms with Crippen molar-refractivity contribution in [2.75, 3.05) is 4.90 Å². The van der Waals surface area contributed by atoms with Crippen molar-refractivity contribution < 1.29 is 24.5 Å². The van der Waals surface area contributed by atoms with Crippen LogP contribution in [0.25, 0.3) is 5.76 Å². The molecule has 3 aromatic rings. The summed E-state index contributed by atoms with van der Waals surface area (Å²) >= 11 is 0. The number of nitrogens with zero attached hydrogens (tertiary/aromatic N) is 3. The van der Waals surface area contributed by atoms with Crippen LogP contribution in [0.1, 0.15) is 17.2 Å². The van der Waals surface area contributed by atoms with Gasteiger partial charge in [-0.25, -0.2) is 0 Å². The van der Waals surface area contributed by atoms with Crippen molar-refractivity contribution >= 4 is 34.5 Å². The number of nitro groups is 2. The Morgan fingerprint density at radius 3 is 2.03 bits per heavy atom. The van der Waals surface area contributed by atoms with Gasteiger partial charge in [0.1, 0.15) is 11.8 Å². The van der Waals surface area contributed by atoms with E-state index in [9.17, 15) is 34.9 Å². The number of aliphatic hydroxyl groups excluding tert-OH is 1. The Hall–Kier alpha value is -4.86. The van der Waals surface area contributed by atoms with Crippen LogP contribution in [0.2, 0.25) is 0 Å². The van der Waals surface area contributed by atoms with Crippen LogP contribution < -0.4 is 4.90 Å². The van der Waals surface area contributed by atoms with Gasteiger partial charge in [-0.05, 0) is 30.3 Å². The van der Waals surface area contributed by atoms with Crippen molar-refractivity contribution in [3.05, 3.63) is 116 Å². The molecule has 3 aromatic carbocycles. The number of aliphatic hydroxyl groups is 1. The van der Waals surface area contributed by atoms with E-state index < -0.39 is 33.3 Å². The second kappa shape index (κ2) is 8.35. The van der Waals surface area contributed by atoms with Gasteiger partial charge in [0.15, 0.2) is 0 Å². The molecule has 0 aliphatic carbocycles. The van der Waals surface area contributed by atoms with Crippen LogP contribution in [0.5, 0.6) is 0 Å². The fourth-order valence-corrected chi connectivity index (χ4v) is 3.76. The molecule has 1 saturated heterocycles. The van der Waals surface area contributed by atoms with E-state index in [4.69, 9.17) is 0 Å². The smallest absolute Gasteiger partial charge is 0.300 e. The molecular formula is C23H15N3O7. The molecule has 1 atom stereocenters. The predicted octanol–water partition coefficient (Wildman–Crippen LogP) is 4.13. The third kappa shape index (κ3) is 3.69. The normalized spacial score (nSPS) is 17.2. The molecule has 4 rings (SSSR count). The fourth-order valence-electron chi connectivity index (χ4n) is 3.76. The summed E-state index contributed by atoms with van der Waals surface area (Å²) in [5, 5.41) is 33.6. The molecule has 1 N–H and O–H groups in total. The highest BCUT2D eigenvalue weighted by atomic mass is 16.6. The van der Waals surface area contributed by atoms with E-state index in [0.29, 0.717) is 5.69 Å². The molecule has 0 aromatic heterocycles. The van der Waals surface area contributed by atoms with Gasteiger partial charge in [0.25, 0.3) is 23.1 Å². The molecule has 33 heavy (non-hydrogen) atoms. The van der Waals surface area contributed by atoms with Crippen LogP contribution in [0.15, 0.2) is 84.4 Å². The highest BCUT2D eigenvalue weighted by Crippen LogP contribution is 2.44. The topological polar surface area (TPSA) is 144 Å². The number of rotatable bonds is 5. The summed E-state index contributed by atoms with van der Waals surface area (Å²) in [5.74, 6) is -2.59. The Kier molecular flexibility index (Phi) is 5.41. The average Bonchev–Trinajstić information content (AvgIpc) is 3.09. The van der Waals surface area contributed by atoms with E-state index in [1.807, 2.05) is 0 Å². The van der Waals surface area contributed by atoms with E-state index in [1.54, 1.807) is 30.3 Å². The molecule has 10 heteroatoms. The summed E-state index contributed by atoms with van der Waals surface area (Å²) < 4.78 is 0. The lowest BCUT2D eigenvalue weighted by atomic mass is 9.94. The molecular weight excluding hydrogens is 430 g/mol. The summed E-state index contributed by atoms with van der Waals surface area (Å²) in [6, 6.07) is 17.2. The second-order valence-electron chi connectivity index (χ2n) is 7.12. The molecule has 164 valence electrons. The van der Waals surface area contributed by atoms with Crippen molar-refractivity contribution in [3.8, 4) is 0 Å². The minimum absolute atomic E-state index is 0.0361. The molecule has 10 nitrogen and oxygen atoms in total. The minimum Gasteiger partial charge on any atom is -0.507 e. The summed E-state index contributed by atoms with van der Waals surface area (Å²) in [4.78, 5) is 48.6. The van der Waals surface area contributed by atoms with E-state index >= 15 is 0 Å². The van der Waals surface area contributed by atoms with Gasteiger partial charge in [0.05, 0.1) is 21.0 Å². The summed E-state index contributed by atoms with van der Waals surface area (Å²) in [6.07, 6.45) is 0. The maximum atomic E-state index is 13.1. The van der Waals surface area contributed by atoms with Crippen molar-refractivity contribution in [3.63, 3.8) is 0 Å². The molecule has 1 heterocycles. The van der Waals surface area contributed by atoms with Gasteiger partial charge in [0.2, 0.25) is 0 Å². The third-order valence-corrected chi connectivity index (χ3v) is 5.26. The van der Waals surface area contributed by atoms with Gasteiger partial charge in [0, 0.05) is 29.4 Å². The Labute approximate surface area is 186 Å². The first kappa shape index (κ1) is 21.4. The first-order valence-corrected chi connectivity index (χ1v) is 9.65. The Balaban J connectivity index is 1.98. The number of non-ortho nitro benzene ring substituents is 1. The van der Waals surface area contributed by atoms with Gasteiger partial charge in [-0.2, -0.15) is 0 Å². The zero-order valence-electron chi connectivity index (χ0n) is 16.8. The van der Waals surface area contributed by atoms with Gasteiger partial charge >= 0.3 is 0 Å². The Morgan fingerprint density at radius 2 is 1.42 bits per heavy atom. The van der Waals surface area contributed by atoms with Crippen LogP contribution >= 0.6 is 0 Å². The summed E-state index contributed by atoms with van der Waals surface area (Å²) in [7, 11) is 0. The Bertz CT molecular complexity index is 1320. The second-order valence-corrected chi connectivity index (χ2v) is 7.12. The van der Waals surface area contributed by atoms with Crippen molar-refractivity contribution in [1.82, 2.24) is 0 Å². The minimum atomic E-state index is -1.29. The number of benzene rings is 3. The lowest BCUT2D eigenvalue weighted by Gasteiger charge is -2.25. The average molecular weight is 445 g/mol. The Morgan fingerprint density at radius 1 is 0.818 bits per heavy atom. The molecule has 0 bridgehead atoms. The molecule has 0 radical (unpaired) electrons. The van der Waals surface area contributed by atoms with Gasteiger partial charge in [-0.15, -0.1) is 0 Å². The van der Waals surface area contributed by atoms with Crippen LogP contribution in [0.3, 0.4) is 0 Å². The molecule has 0 saturated carbocycles. The largest absolute Gasteiger partial charge is 0.507 e. The molecule has 0 unspecified atom stereocenters. The highest BCUT2D eigenvalue weighted by Gasteiger charge is 2.48. The van der Waals surface area contributed by atoms with Gasteiger partial charge in [-0.3, -0.25) is 34.7 Å². The van der Waals surface area contributed by atoms with Crippen LogP contribution in [0, 0.1) is 20.2 Å². The number of anilines is 1. The van der Waals surface area contributed by atoms with Crippen molar-refractivity contribution in [2.45, 2.75) is 6.04 Å².